The van der Waals surface area contributed by atoms with Gasteiger partial charge in [-0.1, -0.05) is 43.7 Å². The SMILES string of the molecule is CCCC(Oc1nc(-c2ccccc2)ccc1NCC(N)CS)C(=O)N[C@@H](CCSC)C(=O)OC. The average molecular weight is 521 g/mol. The number of aromatic nitrogens is 1. The van der Waals surface area contributed by atoms with E-state index in [0.29, 0.717) is 54.6 Å². The van der Waals surface area contributed by atoms with Crippen LogP contribution < -0.4 is 21.1 Å². The molecule has 2 rings (SSSR count). The van der Waals surface area contributed by atoms with Crippen LogP contribution in [0.4, 0.5) is 5.69 Å². The van der Waals surface area contributed by atoms with Crippen LogP contribution in [0.25, 0.3) is 11.3 Å². The summed E-state index contributed by atoms with van der Waals surface area (Å²) in [5, 5.41) is 6.06. The summed E-state index contributed by atoms with van der Waals surface area (Å²) in [6, 6.07) is 12.6. The number of amides is 1. The minimum atomic E-state index is -0.834. The van der Waals surface area contributed by atoms with E-state index in [1.807, 2.05) is 55.6 Å². The van der Waals surface area contributed by atoms with Crippen molar-refractivity contribution in [2.75, 3.05) is 36.7 Å². The molecule has 10 heteroatoms. The summed E-state index contributed by atoms with van der Waals surface area (Å²) in [4.78, 5) is 30.1. The quantitative estimate of drug-likeness (QED) is 0.209. The van der Waals surface area contributed by atoms with Crippen molar-refractivity contribution in [2.24, 2.45) is 5.73 Å². The number of esters is 1. The van der Waals surface area contributed by atoms with Gasteiger partial charge in [0.15, 0.2) is 6.10 Å². The average Bonchev–Trinajstić information content (AvgIpc) is 2.89. The molecule has 1 aromatic heterocycles. The van der Waals surface area contributed by atoms with Gasteiger partial charge in [-0.2, -0.15) is 24.4 Å². The molecule has 0 aliphatic carbocycles. The molecule has 35 heavy (non-hydrogen) atoms. The van der Waals surface area contributed by atoms with Crippen LogP contribution >= 0.6 is 24.4 Å². The Labute approximate surface area is 217 Å². The fourth-order valence-corrected chi connectivity index (χ4v) is 3.87. The number of nitrogens with zero attached hydrogens (tertiary/aromatic N) is 1. The number of thioether (sulfide) groups is 1. The zero-order valence-electron chi connectivity index (χ0n) is 20.5. The molecule has 0 saturated heterocycles. The number of anilines is 1. The normalized spacial score (nSPS) is 13.4. The fourth-order valence-electron chi connectivity index (χ4n) is 3.27. The second kappa shape index (κ2) is 15.5. The van der Waals surface area contributed by atoms with Crippen molar-refractivity contribution in [1.29, 1.82) is 0 Å². The largest absolute Gasteiger partial charge is 0.467 e. The number of thiol groups is 1. The minimum Gasteiger partial charge on any atom is -0.467 e. The Hall–Kier alpha value is -2.43. The van der Waals surface area contributed by atoms with E-state index in [2.05, 4.69) is 23.3 Å². The van der Waals surface area contributed by atoms with Gasteiger partial charge in [0.25, 0.3) is 5.91 Å². The van der Waals surface area contributed by atoms with Gasteiger partial charge in [-0.3, -0.25) is 4.79 Å². The van der Waals surface area contributed by atoms with E-state index < -0.39 is 18.1 Å². The summed E-state index contributed by atoms with van der Waals surface area (Å²) in [5.74, 6) is 0.664. The molecule has 1 aromatic carbocycles. The van der Waals surface area contributed by atoms with Crippen LogP contribution in [0.15, 0.2) is 42.5 Å². The molecule has 0 bridgehead atoms. The Bertz CT molecular complexity index is 933. The maximum Gasteiger partial charge on any atom is 0.328 e. The number of benzene rings is 1. The second-order valence-corrected chi connectivity index (χ2v) is 9.35. The van der Waals surface area contributed by atoms with Crippen molar-refractivity contribution in [3.05, 3.63) is 42.5 Å². The molecule has 1 amide bonds. The number of hydrogen-bond acceptors (Lipinski definition) is 9. The molecule has 1 heterocycles. The molecule has 0 aliphatic rings. The smallest absolute Gasteiger partial charge is 0.328 e. The summed E-state index contributed by atoms with van der Waals surface area (Å²) in [6.45, 7) is 2.43. The Balaban J connectivity index is 2.32. The molecule has 8 nitrogen and oxygen atoms in total. The first-order valence-electron chi connectivity index (χ1n) is 11.6. The first-order valence-corrected chi connectivity index (χ1v) is 13.7. The van der Waals surface area contributed by atoms with Crippen molar-refractivity contribution in [3.8, 4) is 17.1 Å². The van der Waals surface area contributed by atoms with Gasteiger partial charge in [-0.05, 0) is 37.0 Å². The van der Waals surface area contributed by atoms with Crippen molar-refractivity contribution in [1.82, 2.24) is 10.3 Å². The topological polar surface area (TPSA) is 116 Å². The number of hydrogen-bond donors (Lipinski definition) is 4. The van der Waals surface area contributed by atoms with E-state index >= 15 is 0 Å². The molecule has 0 radical (unpaired) electrons. The zero-order chi connectivity index (χ0) is 25.6. The standard InChI is InChI=1S/C25H36N4O4S2/c1-4-8-22(23(30)28-21(13-14-35-3)25(31)32-2)33-24-20(27-15-18(26)16-34)12-11-19(29-24)17-9-6-5-7-10-17/h5-7,9-12,18,21-22,27,34H,4,8,13-16,26H2,1-3H3,(H,28,30)/t18?,21-,22?/m0/s1. The van der Waals surface area contributed by atoms with Gasteiger partial charge in [0, 0.05) is 23.9 Å². The van der Waals surface area contributed by atoms with Gasteiger partial charge in [0.05, 0.1) is 18.5 Å². The summed E-state index contributed by atoms with van der Waals surface area (Å²) in [5.41, 5.74) is 8.28. The summed E-state index contributed by atoms with van der Waals surface area (Å²) < 4.78 is 11.1. The van der Waals surface area contributed by atoms with E-state index in [9.17, 15) is 9.59 Å². The van der Waals surface area contributed by atoms with Crippen LogP contribution in [0, 0.1) is 0 Å². The summed E-state index contributed by atoms with van der Waals surface area (Å²) in [6.07, 6.45) is 2.74. The van der Waals surface area contributed by atoms with E-state index in [1.165, 1.54) is 7.11 Å². The zero-order valence-corrected chi connectivity index (χ0v) is 22.2. The highest BCUT2D eigenvalue weighted by Crippen LogP contribution is 2.28. The molecule has 0 saturated carbocycles. The van der Waals surface area contributed by atoms with Crippen LogP contribution in [-0.4, -0.2) is 66.5 Å². The molecule has 3 atom stereocenters. The van der Waals surface area contributed by atoms with Crippen molar-refractivity contribution in [3.63, 3.8) is 0 Å². The van der Waals surface area contributed by atoms with Crippen LogP contribution in [0.5, 0.6) is 5.88 Å². The molecule has 2 aromatic rings. The third-order valence-corrected chi connectivity index (χ3v) is 6.34. The van der Waals surface area contributed by atoms with Crippen LogP contribution in [0.1, 0.15) is 26.2 Å². The van der Waals surface area contributed by atoms with Crippen molar-refractivity contribution in [2.45, 2.75) is 44.4 Å². The van der Waals surface area contributed by atoms with Crippen LogP contribution in [0.2, 0.25) is 0 Å². The maximum absolute atomic E-state index is 13.2. The first kappa shape index (κ1) is 28.8. The van der Waals surface area contributed by atoms with E-state index in [1.54, 1.807) is 11.8 Å². The van der Waals surface area contributed by atoms with Gasteiger partial charge in [0.2, 0.25) is 5.88 Å². The van der Waals surface area contributed by atoms with Crippen molar-refractivity contribution >= 4 is 42.0 Å². The summed E-state index contributed by atoms with van der Waals surface area (Å²) >= 11 is 5.83. The van der Waals surface area contributed by atoms with Gasteiger partial charge < -0.3 is 25.8 Å². The number of nitrogens with two attached hydrogens (primary N) is 1. The van der Waals surface area contributed by atoms with E-state index in [4.69, 9.17) is 20.2 Å². The van der Waals surface area contributed by atoms with Gasteiger partial charge >= 0.3 is 5.97 Å². The van der Waals surface area contributed by atoms with Gasteiger partial charge in [0.1, 0.15) is 6.04 Å². The number of pyridine rings is 1. The lowest BCUT2D eigenvalue weighted by molar-refractivity contribution is -0.146. The molecule has 0 aliphatic heterocycles. The highest BCUT2D eigenvalue weighted by atomic mass is 32.2. The molecular formula is C25H36N4O4S2. The lowest BCUT2D eigenvalue weighted by Crippen LogP contribution is -2.48. The summed E-state index contributed by atoms with van der Waals surface area (Å²) in [7, 11) is 1.31. The minimum absolute atomic E-state index is 0.160. The maximum atomic E-state index is 13.2. The third kappa shape index (κ3) is 9.27. The lowest BCUT2D eigenvalue weighted by atomic mass is 10.1. The van der Waals surface area contributed by atoms with E-state index in [-0.39, 0.29) is 11.9 Å². The number of rotatable bonds is 15. The predicted octanol–water partition coefficient (Wildman–Crippen LogP) is 3.38. The fraction of sp³-hybridized carbons (Fsp3) is 0.480. The highest BCUT2D eigenvalue weighted by Gasteiger charge is 2.28. The second-order valence-electron chi connectivity index (χ2n) is 8.00. The van der Waals surface area contributed by atoms with Gasteiger partial charge in [-0.25, -0.2) is 9.78 Å². The van der Waals surface area contributed by atoms with Crippen molar-refractivity contribution < 1.29 is 19.1 Å². The number of ether oxygens (including phenoxy) is 2. The molecule has 2 unspecified atom stereocenters. The number of methoxy groups -OCH3 is 1. The molecule has 4 N–H and O–H groups in total. The Morgan fingerprint density at radius 3 is 2.54 bits per heavy atom. The Morgan fingerprint density at radius 1 is 1.17 bits per heavy atom. The van der Waals surface area contributed by atoms with Crippen LogP contribution in [0.3, 0.4) is 0 Å². The molecule has 0 spiro atoms. The lowest BCUT2D eigenvalue weighted by Gasteiger charge is -2.23. The highest BCUT2D eigenvalue weighted by molar-refractivity contribution is 7.98. The number of nitrogens with one attached hydrogen (secondary N) is 2. The third-order valence-electron chi connectivity index (χ3n) is 5.23. The predicted molar refractivity (Wildman–Crippen MR) is 146 cm³/mol. The number of carbonyl (C=O) groups excluding carboxylic acids is 2. The Morgan fingerprint density at radius 2 is 1.91 bits per heavy atom. The molecular weight excluding hydrogens is 484 g/mol. The first-order chi connectivity index (χ1) is 16.9. The van der Waals surface area contributed by atoms with Crippen LogP contribution in [-0.2, 0) is 14.3 Å². The molecule has 0 fully saturated rings. The van der Waals surface area contributed by atoms with Gasteiger partial charge in [-0.15, -0.1) is 0 Å². The van der Waals surface area contributed by atoms with E-state index in [0.717, 1.165) is 5.56 Å². The number of carbonyl (C=O) groups is 2. The Kier molecular flexibility index (Phi) is 12.8. The molecule has 192 valence electrons. The monoisotopic (exact) mass is 520 g/mol.